The average Bonchev–Trinajstić information content (AvgIpc) is 3.12. The Hall–Kier alpha value is -3.07. The molecule has 60 heavy (non-hydrogen) atoms. The molecule has 20 heteroatoms. The van der Waals surface area contributed by atoms with E-state index in [-0.39, 0.29) is 60.9 Å². The molecule has 0 aliphatic carbocycles. The van der Waals surface area contributed by atoms with Crippen LogP contribution in [0.1, 0.15) is 66.7 Å². The molecule has 340 valence electrons. The molecular formula is C40H70O15Si5. The van der Waals surface area contributed by atoms with Crippen molar-refractivity contribution in [3.8, 4) is 0 Å². The SMILES string of the molecule is C=C(C)C(=O)OCCC[Si]1(C)O[Si](C)(CCCOC(=O)C(=C)C)O[Si](C)(CCCOC(=O)C(=C)C)O[Si](C)(CCCOC(=O)C(=C)C)O[Si](C)(CCCOC(=O)C(=C)C)O1. The molecule has 1 saturated heterocycles. The van der Waals surface area contributed by atoms with E-state index in [0.717, 1.165) is 0 Å². The number of rotatable bonds is 25. The zero-order valence-corrected chi connectivity index (χ0v) is 42.8. The van der Waals surface area contributed by atoms with Crippen molar-refractivity contribution < 1.29 is 68.2 Å². The molecule has 1 fully saturated rings. The van der Waals surface area contributed by atoms with Gasteiger partial charge in [-0.2, -0.15) is 0 Å². The minimum absolute atomic E-state index is 0.0980. The molecule has 0 saturated carbocycles. The van der Waals surface area contributed by atoms with Crippen LogP contribution in [0.5, 0.6) is 0 Å². The average molecular weight is 931 g/mol. The third-order valence-corrected chi connectivity index (χ3v) is 32.5. The largest absolute Gasteiger partial charge is 0.462 e. The molecule has 0 bridgehead atoms. The Labute approximate surface area is 363 Å². The van der Waals surface area contributed by atoms with Crippen molar-refractivity contribution in [2.75, 3.05) is 33.0 Å². The van der Waals surface area contributed by atoms with E-state index in [1.54, 1.807) is 34.6 Å². The van der Waals surface area contributed by atoms with Crippen LogP contribution >= 0.6 is 0 Å². The maximum Gasteiger partial charge on any atom is 0.333 e. The smallest absolute Gasteiger partial charge is 0.333 e. The highest BCUT2D eigenvalue weighted by atomic mass is 28.5. The molecule has 0 N–H and O–H groups in total. The minimum atomic E-state index is -3.35. The van der Waals surface area contributed by atoms with Crippen molar-refractivity contribution in [2.24, 2.45) is 0 Å². The summed E-state index contributed by atoms with van der Waals surface area (Å²) in [7, 11) is -16.8. The van der Waals surface area contributed by atoms with Crippen LogP contribution in [0.3, 0.4) is 0 Å². The van der Waals surface area contributed by atoms with E-state index in [4.69, 9.17) is 44.3 Å². The van der Waals surface area contributed by atoms with Gasteiger partial charge in [-0.25, -0.2) is 24.0 Å². The molecule has 1 aliphatic rings. The zero-order valence-electron chi connectivity index (χ0n) is 37.8. The first-order valence-corrected chi connectivity index (χ1v) is 32.9. The fraction of sp³-hybridized carbons (Fsp3) is 0.625. The van der Waals surface area contributed by atoms with E-state index >= 15 is 0 Å². The van der Waals surface area contributed by atoms with Gasteiger partial charge in [0.05, 0.1) is 33.0 Å². The van der Waals surface area contributed by atoms with Gasteiger partial charge in [-0.3, -0.25) is 0 Å². The maximum atomic E-state index is 12.3. The van der Waals surface area contributed by atoms with Gasteiger partial charge in [0, 0.05) is 27.9 Å². The third-order valence-electron chi connectivity index (χ3n) is 8.94. The van der Waals surface area contributed by atoms with Crippen LogP contribution in [0.2, 0.25) is 63.0 Å². The summed E-state index contributed by atoms with van der Waals surface area (Å²) in [5.41, 5.74) is 1.40. The first kappa shape index (κ1) is 55.0. The number of hydrogen-bond donors (Lipinski definition) is 0. The molecule has 0 atom stereocenters. The van der Waals surface area contributed by atoms with Gasteiger partial charge in [0.15, 0.2) is 0 Å². The Bertz CT molecular complexity index is 1320. The van der Waals surface area contributed by atoms with Gasteiger partial charge in [-0.15, -0.1) is 0 Å². The molecule has 1 aliphatic heterocycles. The Balaban J connectivity index is 3.86. The summed E-state index contributed by atoms with van der Waals surface area (Å²) in [5, 5.41) is 0. The summed E-state index contributed by atoms with van der Waals surface area (Å²) in [6, 6.07) is 1.99. The van der Waals surface area contributed by atoms with Gasteiger partial charge in [-0.05, 0) is 130 Å². The lowest BCUT2D eigenvalue weighted by molar-refractivity contribution is -0.139. The van der Waals surface area contributed by atoms with Crippen molar-refractivity contribution in [3.05, 3.63) is 60.8 Å². The second kappa shape index (κ2) is 25.1. The Morgan fingerprint density at radius 1 is 0.333 bits per heavy atom. The van der Waals surface area contributed by atoms with Gasteiger partial charge in [-0.1, -0.05) is 32.9 Å². The summed E-state index contributed by atoms with van der Waals surface area (Å²) >= 11 is 0. The van der Waals surface area contributed by atoms with Gasteiger partial charge in [0.25, 0.3) is 0 Å². The van der Waals surface area contributed by atoms with E-state index in [1.165, 1.54) is 0 Å². The van der Waals surface area contributed by atoms with Crippen molar-refractivity contribution in [1.82, 2.24) is 0 Å². The van der Waals surface area contributed by atoms with E-state index in [0.29, 0.717) is 62.3 Å². The topological polar surface area (TPSA) is 178 Å². The number of carbonyl (C=O) groups excluding carboxylic acids is 5. The lowest BCUT2D eigenvalue weighted by Gasteiger charge is -2.50. The Kier molecular flexibility index (Phi) is 23.0. The summed E-state index contributed by atoms with van der Waals surface area (Å²) in [6.07, 6.45) is 2.04. The fourth-order valence-corrected chi connectivity index (χ4v) is 35.3. The maximum absolute atomic E-state index is 12.3. The fourth-order valence-electron chi connectivity index (χ4n) is 6.30. The van der Waals surface area contributed by atoms with Crippen LogP contribution in [0.15, 0.2) is 60.8 Å². The predicted molar refractivity (Wildman–Crippen MR) is 239 cm³/mol. The second-order valence-corrected chi connectivity index (χ2v) is 34.2. The number of esters is 5. The van der Waals surface area contributed by atoms with Crippen molar-refractivity contribution >= 4 is 72.7 Å². The summed E-state index contributed by atoms with van der Waals surface area (Å²) < 4.78 is 63.6. The highest BCUT2D eigenvalue weighted by Gasteiger charge is 2.56. The summed E-state index contributed by atoms with van der Waals surface area (Å²) in [4.78, 5) is 61.4. The molecule has 0 radical (unpaired) electrons. The van der Waals surface area contributed by atoms with Gasteiger partial charge >= 0.3 is 72.7 Å². The van der Waals surface area contributed by atoms with Crippen molar-refractivity contribution in [1.29, 1.82) is 0 Å². The van der Waals surface area contributed by atoms with Crippen LogP contribution in [-0.4, -0.2) is 106 Å². The van der Waals surface area contributed by atoms with Crippen LogP contribution in [-0.2, 0) is 68.2 Å². The molecule has 0 unspecified atom stereocenters. The van der Waals surface area contributed by atoms with Crippen LogP contribution < -0.4 is 0 Å². The van der Waals surface area contributed by atoms with E-state index < -0.39 is 72.7 Å². The molecule has 0 aromatic carbocycles. The molecule has 0 aromatic rings. The molecule has 15 nitrogen and oxygen atoms in total. The van der Waals surface area contributed by atoms with Gasteiger partial charge < -0.3 is 44.3 Å². The molecular weight excluding hydrogens is 861 g/mol. The molecule has 0 spiro atoms. The molecule has 1 rings (SSSR count). The van der Waals surface area contributed by atoms with E-state index in [9.17, 15) is 24.0 Å². The lowest BCUT2D eigenvalue weighted by Crippen LogP contribution is -2.67. The number of hydrogen-bond acceptors (Lipinski definition) is 15. The van der Waals surface area contributed by atoms with E-state index in [1.807, 2.05) is 32.7 Å². The first-order valence-electron chi connectivity index (χ1n) is 20.3. The van der Waals surface area contributed by atoms with E-state index in [2.05, 4.69) is 32.9 Å². The van der Waals surface area contributed by atoms with Crippen LogP contribution in [0, 0.1) is 0 Å². The summed E-state index contributed by atoms with van der Waals surface area (Å²) in [5.74, 6) is -2.51. The second-order valence-electron chi connectivity index (χ2n) is 16.3. The first-order chi connectivity index (χ1) is 27.7. The van der Waals surface area contributed by atoms with Gasteiger partial charge in [0.1, 0.15) is 0 Å². The predicted octanol–water partition coefficient (Wildman–Crippen LogP) is 7.99. The number of carbonyl (C=O) groups is 5. The standard InChI is InChI=1S/C40H70O15Si5/c1-31(2)36(41)46-21-16-26-56(11)51-57(12,27-17-22-47-37(42)32(3)4)53-59(14,29-19-24-49-39(44)34(7)8)55-60(15,30-20-25-50-40(45)35(9)10)54-58(13,52-56)28-18-23-48-38(43)33(5)6/h1,3,5,7,9,16-30H2,2,4,6,8,10-15H3. The molecule has 0 amide bonds. The lowest BCUT2D eigenvalue weighted by atomic mass is 10.4. The summed E-state index contributed by atoms with van der Waals surface area (Å²) in [6.45, 7) is 36.5. The molecule has 0 aromatic heterocycles. The zero-order chi connectivity index (χ0) is 46.0. The van der Waals surface area contributed by atoms with Crippen molar-refractivity contribution in [2.45, 2.75) is 130 Å². The van der Waals surface area contributed by atoms with Gasteiger partial charge in [0.2, 0.25) is 0 Å². The number of ether oxygens (including phenoxy) is 5. The van der Waals surface area contributed by atoms with Crippen molar-refractivity contribution in [3.63, 3.8) is 0 Å². The normalized spacial score (nSPS) is 25.5. The Morgan fingerprint density at radius 3 is 0.583 bits per heavy atom. The molecule has 1 heterocycles. The highest BCUT2D eigenvalue weighted by Crippen LogP contribution is 2.39. The third kappa shape index (κ3) is 21.1. The highest BCUT2D eigenvalue weighted by molar-refractivity contribution is 6.94. The minimum Gasteiger partial charge on any atom is -0.462 e. The van der Waals surface area contributed by atoms with Crippen LogP contribution in [0.25, 0.3) is 0 Å². The van der Waals surface area contributed by atoms with Crippen LogP contribution in [0.4, 0.5) is 0 Å². The Morgan fingerprint density at radius 2 is 0.467 bits per heavy atom. The quantitative estimate of drug-likeness (QED) is 0.0283. The monoisotopic (exact) mass is 930 g/mol.